The lowest BCUT2D eigenvalue weighted by Gasteiger charge is -2.11. The molecular weight excluding hydrogens is 240 g/mol. The van der Waals surface area contributed by atoms with Crippen molar-refractivity contribution in [3.63, 3.8) is 0 Å². The molecule has 1 fully saturated rings. The molecule has 1 heterocycles. The van der Waals surface area contributed by atoms with Gasteiger partial charge in [0.25, 0.3) is 0 Å². The van der Waals surface area contributed by atoms with E-state index < -0.39 is 0 Å². The average Bonchev–Trinajstić information content (AvgIpc) is 2.57. The summed E-state index contributed by atoms with van der Waals surface area (Å²) in [5.74, 6) is 0.662. The SMILES string of the molecule is CN1CCC(c2ccc(Br)c(N)c2)C1. The number of nitrogen functional groups attached to an aromatic ring is 1. The third kappa shape index (κ3) is 1.93. The van der Waals surface area contributed by atoms with Gasteiger partial charge in [-0.2, -0.15) is 0 Å². The van der Waals surface area contributed by atoms with Crippen LogP contribution in [0.1, 0.15) is 17.9 Å². The molecule has 0 saturated carbocycles. The molecule has 0 amide bonds. The van der Waals surface area contributed by atoms with Crippen molar-refractivity contribution in [3.8, 4) is 0 Å². The fourth-order valence-electron chi connectivity index (χ4n) is 2.02. The van der Waals surface area contributed by atoms with Gasteiger partial charge in [0.1, 0.15) is 0 Å². The normalized spacial score (nSPS) is 22.9. The number of hydrogen-bond donors (Lipinski definition) is 1. The Morgan fingerprint density at radius 3 is 2.86 bits per heavy atom. The van der Waals surface area contributed by atoms with Crippen LogP contribution in [0.2, 0.25) is 0 Å². The third-order valence-electron chi connectivity index (χ3n) is 2.88. The standard InChI is InChI=1S/C11H15BrN2/c1-14-5-4-9(7-14)8-2-3-10(12)11(13)6-8/h2-3,6,9H,4-5,7,13H2,1H3. The molecule has 0 radical (unpaired) electrons. The van der Waals surface area contributed by atoms with Crippen LogP contribution in [0.15, 0.2) is 22.7 Å². The number of nitrogens with zero attached hydrogens (tertiary/aromatic N) is 1. The molecular formula is C11H15BrN2. The van der Waals surface area contributed by atoms with E-state index in [9.17, 15) is 0 Å². The number of benzene rings is 1. The van der Waals surface area contributed by atoms with Gasteiger partial charge in [-0.3, -0.25) is 0 Å². The van der Waals surface area contributed by atoms with Gasteiger partial charge < -0.3 is 10.6 Å². The van der Waals surface area contributed by atoms with Crippen molar-refractivity contribution in [1.29, 1.82) is 0 Å². The lowest BCUT2D eigenvalue weighted by atomic mass is 9.98. The molecule has 1 aliphatic heterocycles. The first-order valence-electron chi connectivity index (χ1n) is 4.90. The molecule has 1 aromatic rings. The second-order valence-corrected chi connectivity index (χ2v) is 4.88. The van der Waals surface area contributed by atoms with Crippen molar-refractivity contribution in [2.75, 3.05) is 25.9 Å². The highest BCUT2D eigenvalue weighted by Gasteiger charge is 2.21. The van der Waals surface area contributed by atoms with Crippen molar-refractivity contribution in [3.05, 3.63) is 28.2 Å². The van der Waals surface area contributed by atoms with Crippen LogP contribution in [0.4, 0.5) is 5.69 Å². The Hall–Kier alpha value is -0.540. The number of hydrogen-bond acceptors (Lipinski definition) is 2. The van der Waals surface area contributed by atoms with Crippen LogP contribution in [0, 0.1) is 0 Å². The Bertz CT molecular complexity index is 338. The molecule has 1 aromatic carbocycles. The van der Waals surface area contributed by atoms with Gasteiger partial charge in [-0.05, 0) is 59.6 Å². The Morgan fingerprint density at radius 2 is 2.29 bits per heavy atom. The van der Waals surface area contributed by atoms with Crippen LogP contribution in [-0.4, -0.2) is 25.0 Å². The second kappa shape index (κ2) is 3.91. The van der Waals surface area contributed by atoms with Gasteiger partial charge in [-0.15, -0.1) is 0 Å². The minimum absolute atomic E-state index is 0.662. The van der Waals surface area contributed by atoms with E-state index in [2.05, 4.69) is 40.0 Å². The fourth-order valence-corrected chi connectivity index (χ4v) is 2.27. The summed E-state index contributed by atoms with van der Waals surface area (Å²) in [6.07, 6.45) is 1.25. The predicted octanol–water partition coefficient (Wildman–Crippen LogP) is 2.45. The van der Waals surface area contributed by atoms with Crippen LogP contribution in [0.25, 0.3) is 0 Å². The molecule has 0 spiro atoms. The third-order valence-corrected chi connectivity index (χ3v) is 3.60. The smallest absolute Gasteiger partial charge is 0.0461 e. The number of nitrogens with two attached hydrogens (primary N) is 1. The van der Waals surface area contributed by atoms with Crippen molar-refractivity contribution in [2.24, 2.45) is 0 Å². The van der Waals surface area contributed by atoms with Gasteiger partial charge in [-0.25, -0.2) is 0 Å². The molecule has 2 rings (SSSR count). The molecule has 1 unspecified atom stereocenters. The van der Waals surface area contributed by atoms with Crippen molar-refractivity contribution < 1.29 is 0 Å². The lowest BCUT2D eigenvalue weighted by molar-refractivity contribution is 0.411. The molecule has 2 N–H and O–H groups in total. The van der Waals surface area contributed by atoms with Gasteiger partial charge >= 0.3 is 0 Å². The summed E-state index contributed by atoms with van der Waals surface area (Å²) in [7, 11) is 2.17. The van der Waals surface area contributed by atoms with Gasteiger partial charge in [0.2, 0.25) is 0 Å². The van der Waals surface area contributed by atoms with Crippen LogP contribution < -0.4 is 5.73 Å². The quantitative estimate of drug-likeness (QED) is 0.781. The van der Waals surface area contributed by atoms with Crippen LogP contribution in [0.3, 0.4) is 0 Å². The summed E-state index contributed by atoms with van der Waals surface area (Å²) < 4.78 is 0.993. The summed E-state index contributed by atoms with van der Waals surface area (Å²) in [5, 5.41) is 0. The number of likely N-dealkylation sites (N-methyl/N-ethyl adjacent to an activating group) is 1. The van der Waals surface area contributed by atoms with Gasteiger partial charge in [0.05, 0.1) is 0 Å². The summed E-state index contributed by atoms with van der Waals surface area (Å²) in [5.41, 5.74) is 8.08. The molecule has 76 valence electrons. The minimum atomic E-state index is 0.662. The monoisotopic (exact) mass is 254 g/mol. The number of likely N-dealkylation sites (tertiary alicyclic amines) is 1. The number of halogens is 1. The van der Waals surface area contributed by atoms with Gasteiger partial charge in [0.15, 0.2) is 0 Å². The number of anilines is 1. The largest absolute Gasteiger partial charge is 0.398 e. The highest BCUT2D eigenvalue weighted by Crippen LogP contribution is 2.30. The Labute approximate surface area is 93.2 Å². The maximum atomic E-state index is 5.86. The molecule has 3 heteroatoms. The first kappa shape index (κ1) is 9.99. The van der Waals surface area contributed by atoms with Crippen LogP contribution >= 0.6 is 15.9 Å². The predicted molar refractivity (Wildman–Crippen MR) is 63.4 cm³/mol. The zero-order chi connectivity index (χ0) is 10.1. The van der Waals surface area contributed by atoms with Crippen molar-refractivity contribution in [2.45, 2.75) is 12.3 Å². The van der Waals surface area contributed by atoms with E-state index in [1.54, 1.807) is 0 Å². The fraction of sp³-hybridized carbons (Fsp3) is 0.455. The van der Waals surface area contributed by atoms with Crippen LogP contribution in [0.5, 0.6) is 0 Å². The highest BCUT2D eigenvalue weighted by molar-refractivity contribution is 9.10. The second-order valence-electron chi connectivity index (χ2n) is 4.03. The molecule has 0 bridgehead atoms. The maximum Gasteiger partial charge on any atom is 0.0461 e. The highest BCUT2D eigenvalue weighted by atomic mass is 79.9. The van der Waals surface area contributed by atoms with E-state index in [4.69, 9.17) is 5.73 Å². The Kier molecular flexibility index (Phi) is 2.79. The molecule has 2 nitrogen and oxygen atoms in total. The summed E-state index contributed by atoms with van der Waals surface area (Å²) in [4.78, 5) is 2.36. The van der Waals surface area contributed by atoms with E-state index in [0.717, 1.165) is 16.7 Å². The van der Waals surface area contributed by atoms with E-state index in [-0.39, 0.29) is 0 Å². The molecule has 14 heavy (non-hydrogen) atoms. The van der Waals surface area contributed by atoms with Gasteiger partial charge in [0, 0.05) is 16.7 Å². The molecule has 1 saturated heterocycles. The van der Waals surface area contributed by atoms with Gasteiger partial charge in [-0.1, -0.05) is 6.07 Å². The lowest BCUT2D eigenvalue weighted by Crippen LogP contribution is -2.13. The zero-order valence-corrected chi connectivity index (χ0v) is 9.92. The zero-order valence-electron chi connectivity index (χ0n) is 8.33. The maximum absolute atomic E-state index is 5.86. The van der Waals surface area contributed by atoms with E-state index in [1.807, 2.05) is 6.07 Å². The minimum Gasteiger partial charge on any atom is -0.398 e. The Morgan fingerprint density at radius 1 is 1.50 bits per heavy atom. The topological polar surface area (TPSA) is 29.3 Å². The first-order chi connectivity index (χ1) is 6.66. The van der Waals surface area contributed by atoms with Crippen molar-refractivity contribution in [1.82, 2.24) is 4.90 Å². The van der Waals surface area contributed by atoms with Crippen LogP contribution in [-0.2, 0) is 0 Å². The molecule has 0 aromatic heterocycles. The van der Waals surface area contributed by atoms with E-state index in [1.165, 1.54) is 18.5 Å². The first-order valence-corrected chi connectivity index (χ1v) is 5.69. The van der Waals surface area contributed by atoms with E-state index in [0.29, 0.717) is 5.92 Å². The van der Waals surface area contributed by atoms with Crippen molar-refractivity contribution >= 4 is 21.6 Å². The van der Waals surface area contributed by atoms with E-state index >= 15 is 0 Å². The summed E-state index contributed by atoms with van der Waals surface area (Å²) in [6.45, 7) is 2.35. The number of rotatable bonds is 1. The molecule has 1 aliphatic rings. The molecule has 0 aliphatic carbocycles. The Balaban J connectivity index is 2.20. The summed E-state index contributed by atoms with van der Waals surface area (Å²) in [6, 6.07) is 6.31. The summed E-state index contributed by atoms with van der Waals surface area (Å²) >= 11 is 3.41. The average molecular weight is 255 g/mol. The molecule has 1 atom stereocenters.